The van der Waals surface area contributed by atoms with Gasteiger partial charge in [0.2, 0.25) is 0 Å². The zero-order valence-corrected chi connectivity index (χ0v) is 17.4. The van der Waals surface area contributed by atoms with Crippen LogP contribution in [0, 0.1) is 6.92 Å². The Hall–Kier alpha value is -3.03. The largest absolute Gasteiger partial charge is 0.449 e. The lowest BCUT2D eigenvalue weighted by Gasteiger charge is -2.12. The second-order valence-corrected chi connectivity index (χ2v) is 8.36. The summed E-state index contributed by atoms with van der Waals surface area (Å²) in [7, 11) is 0. The average Bonchev–Trinajstić information content (AvgIpc) is 3.50. The SMILES string of the molecule is Cc1nc(-c2ccc(Cc3cc(C(=O)N[C@@H]4CCOC4)nc4sccc34)cc2)co1. The van der Waals surface area contributed by atoms with Crippen molar-refractivity contribution < 1.29 is 13.9 Å². The third-order valence-corrected chi connectivity index (χ3v) is 6.09. The van der Waals surface area contributed by atoms with Crippen LogP contribution in [0.5, 0.6) is 0 Å². The summed E-state index contributed by atoms with van der Waals surface area (Å²) in [6.45, 7) is 3.09. The second-order valence-electron chi connectivity index (χ2n) is 7.47. The monoisotopic (exact) mass is 419 g/mol. The highest BCUT2D eigenvalue weighted by atomic mass is 32.1. The number of hydrogen-bond donors (Lipinski definition) is 1. The number of aryl methyl sites for hydroxylation is 1. The quantitative estimate of drug-likeness (QED) is 0.520. The fourth-order valence-electron chi connectivity index (χ4n) is 3.70. The number of rotatable bonds is 5. The van der Waals surface area contributed by atoms with E-state index in [1.54, 1.807) is 17.6 Å². The maximum atomic E-state index is 12.7. The molecule has 0 bridgehead atoms. The van der Waals surface area contributed by atoms with Crippen molar-refractivity contribution in [2.45, 2.75) is 25.8 Å². The van der Waals surface area contributed by atoms with Gasteiger partial charge in [-0.1, -0.05) is 24.3 Å². The maximum absolute atomic E-state index is 12.7. The van der Waals surface area contributed by atoms with Crippen LogP contribution in [0.15, 0.2) is 52.5 Å². The van der Waals surface area contributed by atoms with Gasteiger partial charge in [0.1, 0.15) is 22.5 Å². The number of amides is 1. The number of pyridine rings is 1. The summed E-state index contributed by atoms with van der Waals surface area (Å²) in [6.07, 6.45) is 3.24. The minimum atomic E-state index is -0.140. The minimum Gasteiger partial charge on any atom is -0.449 e. The Bertz CT molecular complexity index is 1190. The first-order valence-electron chi connectivity index (χ1n) is 9.93. The van der Waals surface area contributed by atoms with E-state index in [-0.39, 0.29) is 11.9 Å². The molecule has 6 nitrogen and oxygen atoms in total. The van der Waals surface area contributed by atoms with Crippen LogP contribution < -0.4 is 5.32 Å². The number of benzene rings is 1. The Kier molecular flexibility index (Phi) is 5.06. The number of carbonyl (C=O) groups is 1. The van der Waals surface area contributed by atoms with Gasteiger partial charge in [-0.05, 0) is 41.5 Å². The number of nitrogens with one attached hydrogen (secondary N) is 1. The molecule has 7 heteroatoms. The van der Waals surface area contributed by atoms with E-state index in [9.17, 15) is 4.79 Å². The van der Waals surface area contributed by atoms with E-state index in [1.165, 1.54) is 0 Å². The van der Waals surface area contributed by atoms with Crippen LogP contribution >= 0.6 is 11.3 Å². The van der Waals surface area contributed by atoms with Crippen LogP contribution in [0.25, 0.3) is 21.5 Å². The highest BCUT2D eigenvalue weighted by Crippen LogP contribution is 2.27. The smallest absolute Gasteiger partial charge is 0.270 e. The molecule has 0 unspecified atom stereocenters. The van der Waals surface area contributed by atoms with E-state index in [0.29, 0.717) is 24.8 Å². The molecular weight excluding hydrogens is 398 g/mol. The fraction of sp³-hybridized carbons (Fsp3) is 0.261. The molecule has 1 atom stereocenters. The third-order valence-electron chi connectivity index (χ3n) is 5.28. The molecule has 1 saturated heterocycles. The van der Waals surface area contributed by atoms with Crippen molar-refractivity contribution in [2.24, 2.45) is 0 Å². The molecule has 30 heavy (non-hydrogen) atoms. The van der Waals surface area contributed by atoms with Crippen molar-refractivity contribution in [1.82, 2.24) is 15.3 Å². The van der Waals surface area contributed by atoms with E-state index in [1.807, 2.05) is 30.5 Å². The first-order valence-corrected chi connectivity index (χ1v) is 10.8. The topological polar surface area (TPSA) is 77.2 Å². The van der Waals surface area contributed by atoms with Crippen molar-refractivity contribution in [3.63, 3.8) is 0 Å². The zero-order chi connectivity index (χ0) is 20.5. The Balaban J connectivity index is 1.40. The normalized spacial score (nSPS) is 16.2. The number of ether oxygens (including phenoxy) is 1. The summed E-state index contributed by atoms with van der Waals surface area (Å²) in [4.78, 5) is 22.6. The first kappa shape index (κ1) is 19.0. The predicted molar refractivity (Wildman–Crippen MR) is 116 cm³/mol. The molecule has 0 saturated carbocycles. The number of thiophene rings is 1. The summed E-state index contributed by atoms with van der Waals surface area (Å²) in [5, 5.41) is 6.15. The molecule has 1 aliphatic rings. The minimum absolute atomic E-state index is 0.0643. The molecule has 152 valence electrons. The Morgan fingerprint density at radius 2 is 2.10 bits per heavy atom. The van der Waals surface area contributed by atoms with Gasteiger partial charge in [0, 0.05) is 24.5 Å². The molecule has 1 N–H and O–H groups in total. The van der Waals surface area contributed by atoms with Crippen LogP contribution in [0.2, 0.25) is 0 Å². The highest BCUT2D eigenvalue weighted by molar-refractivity contribution is 7.16. The number of carbonyl (C=O) groups excluding carboxylic acids is 1. The molecule has 0 radical (unpaired) electrons. The summed E-state index contributed by atoms with van der Waals surface area (Å²) < 4.78 is 10.7. The van der Waals surface area contributed by atoms with Crippen molar-refractivity contribution in [1.29, 1.82) is 0 Å². The van der Waals surface area contributed by atoms with Crippen LogP contribution in [0.1, 0.15) is 33.9 Å². The summed E-state index contributed by atoms with van der Waals surface area (Å²) in [5.41, 5.74) is 4.57. The lowest BCUT2D eigenvalue weighted by Crippen LogP contribution is -2.35. The number of oxazole rings is 1. The average molecular weight is 420 g/mol. The molecular formula is C23H21N3O3S. The number of fused-ring (bicyclic) bond motifs is 1. The van der Waals surface area contributed by atoms with Crippen LogP contribution in [0.4, 0.5) is 0 Å². The molecule has 1 amide bonds. The molecule has 4 heterocycles. The molecule has 3 aromatic heterocycles. The van der Waals surface area contributed by atoms with Crippen LogP contribution in [0.3, 0.4) is 0 Å². The summed E-state index contributed by atoms with van der Waals surface area (Å²) in [5.74, 6) is 0.513. The van der Waals surface area contributed by atoms with Crippen molar-refractivity contribution in [3.05, 3.63) is 70.8 Å². The molecule has 0 spiro atoms. The molecule has 1 aromatic carbocycles. The lowest BCUT2D eigenvalue weighted by atomic mass is 10.0. The summed E-state index contributed by atoms with van der Waals surface area (Å²) in [6, 6.07) is 12.3. The van der Waals surface area contributed by atoms with Crippen molar-refractivity contribution in [3.8, 4) is 11.3 Å². The molecule has 4 aromatic rings. The van der Waals surface area contributed by atoms with Crippen molar-refractivity contribution in [2.75, 3.05) is 13.2 Å². The van der Waals surface area contributed by atoms with Gasteiger partial charge in [0.15, 0.2) is 5.89 Å². The number of hydrogen-bond acceptors (Lipinski definition) is 6. The second kappa shape index (κ2) is 8.01. The van der Waals surface area contributed by atoms with E-state index < -0.39 is 0 Å². The predicted octanol–water partition coefficient (Wildman–Crippen LogP) is 4.37. The maximum Gasteiger partial charge on any atom is 0.270 e. The van der Waals surface area contributed by atoms with Gasteiger partial charge in [-0.3, -0.25) is 4.79 Å². The fourth-order valence-corrected chi connectivity index (χ4v) is 4.51. The van der Waals surface area contributed by atoms with Crippen LogP contribution in [-0.4, -0.2) is 35.1 Å². The Morgan fingerprint density at radius 3 is 2.83 bits per heavy atom. The van der Waals surface area contributed by atoms with Gasteiger partial charge >= 0.3 is 0 Å². The molecule has 0 aliphatic carbocycles. The van der Waals surface area contributed by atoms with Gasteiger partial charge in [-0.2, -0.15) is 0 Å². The summed E-state index contributed by atoms with van der Waals surface area (Å²) >= 11 is 1.55. The first-order chi connectivity index (χ1) is 14.7. The number of nitrogens with zero attached hydrogens (tertiary/aromatic N) is 2. The van der Waals surface area contributed by atoms with E-state index in [2.05, 4.69) is 33.5 Å². The van der Waals surface area contributed by atoms with E-state index >= 15 is 0 Å². The Morgan fingerprint density at radius 1 is 1.23 bits per heavy atom. The zero-order valence-electron chi connectivity index (χ0n) is 16.6. The standard InChI is InChI=1S/C23H21N3O3S/c1-14-24-21(13-29-14)16-4-2-15(3-5-16)10-17-11-20(26-23-19(17)7-9-30-23)22(27)25-18-6-8-28-12-18/h2-5,7,9,11,13,18H,6,8,10,12H2,1H3,(H,25,27)/t18-/m1/s1. The number of aromatic nitrogens is 2. The van der Waals surface area contributed by atoms with Crippen molar-refractivity contribution >= 4 is 27.5 Å². The van der Waals surface area contributed by atoms with Crippen LogP contribution in [-0.2, 0) is 11.2 Å². The van der Waals surface area contributed by atoms with E-state index in [0.717, 1.165) is 45.4 Å². The van der Waals surface area contributed by atoms with Gasteiger partial charge in [-0.15, -0.1) is 11.3 Å². The van der Waals surface area contributed by atoms with Gasteiger partial charge < -0.3 is 14.5 Å². The Labute approximate surface area is 177 Å². The highest BCUT2D eigenvalue weighted by Gasteiger charge is 2.20. The molecule has 5 rings (SSSR count). The molecule has 1 aliphatic heterocycles. The van der Waals surface area contributed by atoms with E-state index in [4.69, 9.17) is 9.15 Å². The third kappa shape index (κ3) is 3.86. The van der Waals surface area contributed by atoms with Gasteiger partial charge in [0.05, 0.1) is 12.6 Å². The van der Waals surface area contributed by atoms with Gasteiger partial charge in [-0.25, -0.2) is 9.97 Å². The van der Waals surface area contributed by atoms with Gasteiger partial charge in [0.25, 0.3) is 5.91 Å². The lowest BCUT2D eigenvalue weighted by molar-refractivity contribution is 0.0925. The molecule has 1 fully saturated rings.